The van der Waals surface area contributed by atoms with Gasteiger partial charge in [-0.2, -0.15) is 4.31 Å². The number of ether oxygens (including phenoxy) is 1. The van der Waals surface area contributed by atoms with E-state index in [4.69, 9.17) is 9.84 Å². The number of piperidine rings is 1. The number of aliphatic carboxylic acids is 1. The van der Waals surface area contributed by atoms with Gasteiger partial charge in [-0.25, -0.2) is 13.2 Å². The average molecular weight is 463 g/mol. The lowest BCUT2D eigenvalue weighted by atomic mass is 9.89. The van der Waals surface area contributed by atoms with Crippen LogP contribution in [0.3, 0.4) is 0 Å². The molecule has 0 saturated carbocycles. The number of carboxylic acids is 1. The van der Waals surface area contributed by atoms with E-state index < -0.39 is 34.0 Å². The van der Waals surface area contributed by atoms with Crippen molar-refractivity contribution in [3.05, 3.63) is 48.5 Å². The van der Waals surface area contributed by atoms with Crippen molar-refractivity contribution < 1.29 is 33.0 Å². The van der Waals surface area contributed by atoms with Crippen molar-refractivity contribution in [2.45, 2.75) is 23.8 Å². The second-order valence-electron chi connectivity index (χ2n) is 7.66. The van der Waals surface area contributed by atoms with Crippen LogP contribution >= 0.6 is 0 Å². The molecule has 3 rings (SSSR count). The molecule has 1 unspecified atom stereocenters. The molecule has 2 N–H and O–H groups in total. The van der Waals surface area contributed by atoms with Gasteiger partial charge in [0.2, 0.25) is 10.0 Å². The SMILES string of the molecule is COc1ccc(-c2ccc(S(=O)(=O)N(C)C(C(=O)O)C3CCN(C(=O)O)CC3)cc2)cc1. The fourth-order valence-electron chi connectivity index (χ4n) is 3.98. The van der Waals surface area contributed by atoms with E-state index in [0.29, 0.717) is 5.75 Å². The molecule has 1 atom stereocenters. The highest BCUT2D eigenvalue weighted by molar-refractivity contribution is 7.89. The molecular weight excluding hydrogens is 436 g/mol. The third kappa shape index (κ3) is 4.86. The lowest BCUT2D eigenvalue weighted by Crippen LogP contribution is -2.50. The Labute approximate surface area is 186 Å². The van der Waals surface area contributed by atoms with Gasteiger partial charge < -0.3 is 19.8 Å². The van der Waals surface area contributed by atoms with Crippen molar-refractivity contribution in [3.63, 3.8) is 0 Å². The summed E-state index contributed by atoms with van der Waals surface area (Å²) in [6, 6.07) is 12.3. The first-order valence-corrected chi connectivity index (χ1v) is 11.5. The van der Waals surface area contributed by atoms with Crippen LogP contribution in [0.2, 0.25) is 0 Å². The molecule has 1 saturated heterocycles. The lowest BCUT2D eigenvalue weighted by Gasteiger charge is -2.36. The zero-order valence-corrected chi connectivity index (χ0v) is 18.7. The first kappa shape index (κ1) is 23.6. The van der Waals surface area contributed by atoms with Crippen LogP contribution in [0.4, 0.5) is 4.79 Å². The number of carboxylic acid groups (broad SMARTS) is 2. The number of sulfonamides is 1. The third-order valence-electron chi connectivity index (χ3n) is 5.86. The second-order valence-corrected chi connectivity index (χ2v) is 9.66. The quantitative estimate of drug-likeness (QED) is 0.648. The topological polar surface area (TPSA) is 124 Å². The summed E-state index contributed by atoms with van der Waals surface area (Å²) >= 11 is 0. The Morgan fingerprint density at radius 3 is 1.94 bits per heavy atom. The van der Waals surface area contributed by atoms with Crippen LogP contribution in [0.25, 0.3) is 11.1 Å². The van der Waals surface area contributed by atoms with Crippen molar-refractivity contribution in [2.24, 2.45) is 5.92 Å². The Bertz CT molecular complexity index is 1060. The molecule has 0 aromatic heterocycles. The van der Waals surface area contributed by atoms with E-state index in [0.717, 1.165) is 15.4 Å². The average Bonchev–Trinajstić information content (AvgIpc) is 2.79. The maximum Gasteiger partial charge on any atom is 0.407 e. The maximum atomic E-state index is 13.2. The normalized spacial score (nSPS) is 16.0. The highest BCUT2D eigenvalue weighted by Gasteiger charge is 2.40. The standard InChI is InChI=1S/C22H26N2O7S/c1-23(20(21(25)26)17-11-13-24(14-12-17)22(27)28)32(29,30)19-9-5-16(6-10-19)15-3-7-18(31-2)8-4-15/h3-10,17,20H,11-14H2,1-2H3,(H,25,26)(H,27,28). The molecule has 10 heteroatoms. The van der Waals surface area contributed by atoms with E-state index in [9.17, 15) is 23.1 Å². The highest BCUT2D eigenvalue weighted by Crippen LogP contribution is 2.29. The fourth-order valence-corrected chi connectivity index (χ4v) is 5.35. The number of carbonyl (C=O) groups is 2. The number of methoxy groups -OCH3 is 1. The smallest absolute Gasteiger partial charge is 0.407 e. The number of nitrogens with zero attached hydrogens (tertiary/aromatic N) is 2. The van der Waals surface area contributed by atoms with Crippen LogP contribution < -0.4 is 4.74 Å². The van der Waals surface area contributed by atoms with E-state index >= 15 is 0 Å². The van der Waals surface area contributed by atoms with Crippen molar-refractivity contribution in [1.82, 2.24) is 9.21 Å². The first-order valence-electron chi connectivity index (χ1n) is 10.1. The number of benzene rings is 2. The Morgan fingerprint density at radius 1 is 1.00 bits per heavy atom. The monoisotopic (exact) mass is 462 g/mol. The summed E-state index contributed by atoms with van der Waals surface area (Å²) in [6.45, 7) is 0.350. The molecule has 0 spiro atoms. The summed E-state index contributed by atoms with van der Waals surface area (Å²) in [7, 11) is -1.24. The van der Waals surface area contributed by atoms with Crippen molar-refractivity contribution in [3.8, 4) is 16.9 Å². The minimum absolute atomic E-state index is 0.00789. The molecule has 0 radical (unpaired) electrons. The minimum atomic E-state index is -4.07. The van der Waals surface area contributed by atoms with Crippen molar-refractivity contribution in [1.29, 1.82) is 0 Å². The van der Waals surface area contributed by atoms with Gasteiger partial charge in [0.15, 0.2) is 0 Å². The van der Waals surface area contributed by atoms with Gasteiger partial charge in [-0.15, -0.1) is 0 Å². The third-order valence-corrected chi connectivity index (χ3v) is 7.71. The fraction of sp³-hybridized carbons (Fsp3) is 0.364. The van der Waals surface area contributed by atoms with Gasteiger partial charge in [0.1, 0.15) is 11.8 Å². The van der Waals surface area contributed by atoms with Crippen molar-refractivity contribution >= 4 is 22.1 Å². The molecular formula is C22H26N2O7S. The van der Waals surface area contributed by atoms with Gasteiger partial charge in [-0.05, 0) is 54.2 Å². The largest absolute Gasteiger partial charge is 0.497 e. The first-order chi connectivity index (χ1) is 15.1. The molecule has 2 aromatic rings. The zero-order chi connectivity index (χ0) is 23.5. The van der Waals surface area contributed by atoms with Crippen LogP contribution in [0.15, 0.2) is 53.4 Å². The number of likely N-dealkylation sites (tertiary alicyclic amines) is 1. The molecule has 1 amide bonds. The summed E-state index contributed by atoms with van der Waals surface area (Å²) in [6.07, 6.45) is -0.507. The van der Waals surface area contributed by atoms with Gasteiger partial charge in [-0.3, -0.25) is 4.79 Å². The van der Waals surface area contributed by atoms with E-state index in [1.165, 1.54) is 24.1 Å². The Morgan fingerprint density at radius 2 is 1.50 bits per heavy atom. The molecule has 172 valence electrons. The number of rotatable bonds is 7. The maximum absolute atomic E-state index is 13.2. The van der Waals surface area contributed by atoms with Gasteiger partial charge in [0.25, 0.3) is 0 Å². The molecule has 0 bridgehead atoms. The van der Waals surface area contributed by atoms with E-state index in [1.807, 2.05) is 12.1 Å². The summed E-state index contributed by atoms with van der Waals surface area (Å²) in [5.74, 6) is -1.02. The Hall–Kier alpha value is -3.11. The molecule has 0 aliphatic carbocycles. The number of hydrogen-bond acceptors (Lipinski definition) is 5. The van der Waals surface area contributed by atoms with E-state index in [2.05, 4.69) is 0 Å². The van der Waals surface area contributed by atoms with Gasteiger partial charge in [0, 0.05) is 20.1 Å². The summed E-state index contributed by atoms with van der Waals surface area (Å²) in [5, 5.41) is 18.9. The van der Waals surface area contributed by atoms with Gasteiger partial charge in [-0.1, -0.05) is 24.3 Å². The molecule has 1 fully saturated rings. The molecule has 32 heavy (non-hydrogen) atoms. The van der Waals surface area contributed by atoms with Crippen molar-refractivity contribution in [2.75, 3.05) is 27.2 Å². The summed E-state index contributed by atoms with van der Waals surface area (Å²) < 4.78 is 32.4. The Kier molecular flexibility index (Phi) is 7.05. The molecule has 2 aromatic carbocycles. The van der Waals surface area contributed by atoms with Crippen LogP contribution in [-0.4, -0.2) is 73.2 Å². The zero-order valence-electron chi connectivity index (χ0n) is 17.8. The van der Waals surface area contributed by atoms with Crippen LogP contribution in [0.5, 0.6) is 5.75 Å². The summed E-state index contributed by atoms with van der Waals surface area (Å²) in [5.41, 5.74) is 1.70. The highest BCUT2D eigenvalue weighted by atomic mass is 32.2. The molecule has 1 aliphatic rings. The van der Waals surface area contributed by atoms with E-state index in [1.54, 1.807) is 31.4 Å². The van der Waals surface area contributed by atoms with Crippen LogP contribution in [-0.2, 0) is 14.8 Å². The molecule has 1 heterocycles. The summed E-state index contributed by atoms with van der Waals surface area (Å²) in [4.78, 5) is 24.3. The van der Waals surface area contributed by atoms with Crippen LogP contribution in [0, 0.1) is 5.92 Å². The number of amides is 1. The second kappa shape index (κ2) is 9.58. The predicted octanol–water partition coefficient (Wildman–Crippen LogP) is 2.83. The minimum Gasteiger partial charge on any atom is -0.497 e. The van der Waals surface area contributed by atoms with E-state index in [-0.39, 0.29) is 30.8 Å². The molecule has 1 aliphatic heterocycles. The number of hydrogen-bond donors (Lipinski definition) is 2. The number of likely N-dealkylation sites (N-methyl/N-ethyl adjacent to an activating group) is 1. The Balaban J connectivity index is 1.80. The predicted molar refractivity (Wildman–Crippen MR) is 117 cm³/mol. The molecule has 9 nitrogen and oxygen atoms in total. The van der Waals surface area contributed by atoms with Gasteiger partial charge >= 0.3 is 12.1 Å². The van der Waals surface area contributed by atoms with Crippen LogP contribution in [0.1, 0.15) is 12.8 Å². The van der Waals surface area contributed by atoms with Gasteiger partial charge in [0.05, 0.1) is 12.0 Å². The lowest BCUT2D eigenvalue weighted by molar-refractivity contribution is -0.143.